The van der Waals surface area contributed by atoms with Crippen LogP contribution < -0.4 is 5.32 Å². The summed E-state index contributed by atoms with van der Waals surface area (Å²) in [6, 6.07) is 14.9. The number of amides is 1. The van der Waals surface area contributed by atoms with Crippen molar-refractivity contribution < 1.29 is 14.1 Å². The molecular formula is C19H16N2O4. The Morgan fingerprint density at radius 3 is 2.36 bits per heavy atom. The van der Waals surface area contributed by atoms with E-state index in [9.17, 15) is 14.9 Å². The largest absolute Gasteiger partial charge is 0.451 e. The molecule has 3 rings (SSSR count). The van der Waals surface area contributed by atoms with Crippen LogP contribution in [0.4, 0.5) is 11.4 Å². The molecule has 0 spiro atoms. The van der Waals surface area contributed by atoms with Crippen molar-refractivity contribution >= 4 is 17.3 Å². The third-order valence-electron chi connectivity index (χ3n) is 3.96. The highest BCUT2D eigenvalue weighted by atomic mass is 16.6. The van der Waals surface area contributed by atoms with E-state index < -0.39 is 4.92 Å². The Balaban J connectivity index is 1.77. The van der Waals surface area contributed by atoms with Gasteiger partial charge < -0.3 is 9.73 Å². The van der Waals surface area contributed by atoms with Crippen molar-refractivity contribution in [2.75, 3.05) is 5.32 Å². The van der Waals surface area contributed by atoms with Crippen molar-refractivity contribution in [2.45, 2.75) is 13.8 Å². The molecule has 1 N–H and O–H groups in total. The monoisotopic (exact) mass is 336 g/mol. The first-order chi connectivity index (χ1) is 11.9. The molecule has 2 aromatic carbocycles. The zero-order valence-corrected chi connectivity index (χ0v) is 13.8. The number of carbonyl (C=O) groups is 1. The highest BCUT2D eigenvalue weighted by Crippen LogP contribution is 2.25. The van der Waals surface area contributed by atoms with Crippen LogP contribution in [0.1, 0.15) is 21.7 Å². The van der Waals surface area contributed by atoms with Crippen LogP contribution in [-0.2, 0) is 0 Å². The topological polar surface area (TPSA) is 85.4 Å². The van der Waals surface area contributed by atoms with Crippen molar-refractivity contribution in [3.8, 4) is 11.3 Å². The van der Waals surface area contributed by atoms with E-state index >= 15 is 0 Å². The van der Waals surface area contributed by atoms with Crippen molar-refractivity contribution in [3.63, 3.8) is 0 Å². The number of nitrogens with one attached hydrogen (secondary N) is 1. The minimum absolute atomic E-state index is 0.00279. The number of nitro groups is 1. The fourth-order valence-corrected chi connectivity index (χ4v) is 2.37. The predicted molar refractivity (Wildman–Crippen MR) is 94.7 cm³/mol. The van der Waals surface area contributed by atoms with Crippen LogP contribution >= 0.6 is 0 Å². The summed E-state index contributed by atoms with van der Waals surface area (Å²) in [5.41, 5.74) is 3.60. The number of rotatable bonds is 4. The van der Waals surface area contributed by atoms with Crippen LogP contribution in [0.15, 0.2) is 59.0 Å². The van der Waals surface area contributed by atoms with E-state index in [4.69, 9.17) is 4.42 Å². The average Bonchev–Trinajstić information content (AvgIpc) is 3.08. The Hall–Kier alpha value is -3.41. The van der Waals surface area contributed by atoms with Crippen molar-refractivity contribution in [2.24, 2.45) is 0 Å². The number of nitro benzene ring substituents is 1. The van der Waals surface area contributed by atoms with Gasteiger partial charge in [0.15, 0.2) is 5.76 Å². The van der Waals surface area contributed by atoms with Gasteiger partial charge in [0.05, 0.1) is 4.92 Å². The second-order valence-corrected chi connectivity index (χ2v) is 5.72. The van der Waals surface area contributed by atoms with Crippen LogP contribution in [0.5, 0.6) is 0 Å². The molecule has 0 aliphatic heterocycles. The van der Waals surface area contributed by atoms with Crippen LogP contribution in [0.25, 0.3) is 11.3 Å². The SMILES string of the molecule is Cc1ccc(NC(=O)c2ccc(-c3ccc([N+](=O)[O-])cc3)o2)cc1C. The Kier molecular flexibility index (Phi) is 4.35. The van der Waals surface area contributed by atoms with Gasteiger partial charge in [-0.1, -0.05) is 6.07 Å². The lowest BCUT2D eigenvalue weighted by atomic mass is 10.1. The zero-order chi connectivity index (χ0) is 18.0. The number of hydrogen-bond donors (Lipinski definition) is 1. The molecule has 1 heterocycles. The Morgan fingerprint density at radius 2 is 1.72 bits per heavy atom. The summed E-state index contributed by atoms with van der Waals surface area (Å²) in [4.78, 5) is 22.5. The molecule has 0 fully saturated rings. The third kappa shape index (κ3) is 3.58. The number of hydrogen-bond acceptors (Lipinski definition) is 4. The summed E-state index contributed by atoms with van der Waals surface area (Å²) in [7, 11) is 0. The Labute approximate surface area is 144 Å². The molecular weight excluding hydrogens is 320 g/mol. The molecule has 3 aromatic rings. The van der Waals surface area contributed by atoms with E-state index in [1.54, 1.807) is 24.3 Å². The van der Waals surface area contributed by atoms with E-state index in [0.29, 0.717) is 17.0 Å². The van der Waals surface area contributed by atoms with Gasteiger partial charge in [-0.25, -0.2) is 0 Å². The van der Waals surface area contributed by atoms with Gasteiger partial charge in [-0.15, -0.1) is 0 Å². The Bertz CT molecular complexity index is 942. The molecule has 1 amide bonds. The summed E-state index contributed by atoms with van der Waals surface area (Å²) >= 11 is 0. The number of anilines is 1. The lowest BCUT2D eigenvalue weighted by Crippen LogP contribution is -2.10. The summed E-state index contributed by atoms with van der Waals surface area (Å²) in [6.45, 7) is 3.98. The molecule has 126 valence electrons. The minimum atomic E-state index is -0.464. The number of aryl methyl sites for hydroxylation is 2. The van der Waals surface area contributed by atoms with Gasteiger partial charge in [-0.3, -0.25) is 14.9 Å². The van der Waals surface area contributed by atoms with E-state index in [2.05, 4.69) is 5.32 Å². The summed E-state index contributed by atoms with van der Waals surface area (Å²) in [5, 5.41) is 13.5. The van der Waals surface area contributed by atoms with Crippen molar-refractivity contribution in [3.05, 3.63) is 81.6 Å². The van der Waals surface area contributed by atoms with E-state index in [1.165, 1.54) is 12.1 Å². The van der Waals surface area contributed by atoms with Crippen LogP contribution in [0.3, 0.4) is 0 Å². The Morgan fingerprint density at radius 1 is 1.00 bits per heavy atom. The molecule has 0 aliphatic carbocycles. The lowest BCUT2D eigenvalue weighted by Gasteiger charge is -2.06. The molecule has 0 unspecified atom stereocenters. The second-order valence-electron chi connectivity index (χ2n) is 5.72. The normalized spacial score (nSPS) is 10.5. The van der Waals surface area contributed by atoms with Gasteiger partial charge in [0.2, 0.25) is 0 Å². The summed E-state index contributed by atoms with van der Waals surface area (Å²) in [5.74, 6) is 0.295. The van der Waals surface area contributed by atoms with E-state index in [0.717, 1.165) is 11.1 Å². The maximum Gasteiger partial charge on any atom is 0.291 e. The molecule has 6 heteroatoms. The first-order valence-corrected chi connectivity index (χ1v) is 7.67. The number of non-ortho nitro benzene ring substituents is 1. The lowest BCUT2D eigenvalue weighted by molar-refractivity contribution is -0.384. The van der Waals surface area contributed by atoms with Crippen LogP contribution in [0.2, 0.25) is 0 Å². The fourth-order valence-electron chi connectivity index (χ4n) is 2.37. The first-order valence-electron chi connectivity index (χ1n) is 7.67. The maximum atomic E-state index is 12.3. The van der Waals surface area contributed by atoms with Gasteiger partial charge in [0.25, 0.3) is 11.6 Å². The molecule has 0 saturated heterocycles. The first kappa shape index (κ1) is 16.4. The summed E-state index contributed by atoms with van der Waals surface area (Å²) in [6.07, 6.45) is 0. The number of benzene rings is 2. The van der Waals surface area contributed by atoms with Gasteiger partial charge in [0, 0.05) is 23.4 Å². The molecule has 6 nitrogen and oxygen atoms in total. The molecule has 0 radical (unpaired) electrons. The van der Waals surface area contributed by atoms with Gasteiger partial charge in [0.1, 0.15) is 5.76 Å². The molecule has 0 bridgehead atoms. The molecule has 0 saturated carbocycles. The van der Waals surface area contributed by atoms with Crippen molar-refractivity contribution in [1.82, 2.24) is 0 Å². The minimum Gasteiger partial charge on any atom is -0.451 e. The molecule has 0 atom stereocenters. The second kappa shape index (κ2) is 6.60. The number of nitrogens with zero attached hydrogens (tertiary/aromatic N) is 1. The van der Waals surface area contributed by atoms with Crippen molar-refractivity contribution in [1.29, 1.82) is 0 Å². The van der Waals surface area contributed by atoms with Crippen LogP contribution in [-0.4, -0.2) is 10.8 Å². The highest BCUT2D eigenvalue weighted by molar-refractivity contribution is 6.02. The standard InChI is InChI=1S/C19H16N2O4/c1-12-3-6-15(11-13(12)2)20-19(22)18-10-9-17(25-18)14-4-7-16(8-5-14)21(23)24/h3-11H,1-2H3,(H,20,22). The third-order valence-corrected chi connectivity index (χ3v) is 3.96. The quantitative estimate of drug-likeness (QED) is 0.551. The maximum absolute atomic E-state index is 12.3. The highest BCUT2D eigenvalue weighted by Gasteiger charge is 2.14. The van der Waals surface area contributed by atoms with E-state index in [1.807, 2.05) is 32.0 Å². The van der Waals surface area contributed by atoms with Crippen LogP contribution in [0, 0.1) is 24.0 Å². The molecule has 25 heavy (non-hydrogen) atoms. The van der Waals surface area contributed by atoms with E-state index in [-0.39, 0.29) is 17.4 Å². The smallest absolute Gasteiger partial charge is 0.291 e. The van der Waals surface area contributed by atoms with Gasteiger partial charge >= 0.3 is 0 Å². The van der Waals surface area contributed by atoms with Gasteiger partial charge in [-0.05, 0) is 61.4 Å². The molecule has 0 aliphatic rings. The number of carbonyl (C=O) groups excluding carboxylic acids is 1. The number of furan rings is 1. The average molecular weight is 336 g/mol. The zero-order valence-electron chi connectivity index (χ0n) is 13.8. The molecule has 1 aromatic heterocycles. The van der Waals surface area contributed by atoms with Gasteiger partial charge in [-0.2, -0.15) is 0 Å². The predicted octanol–water partition coefficient (Wildman–Crippen LogP) is 4.72. The summed E-state index contributed by atoms with van der Waals surface area (Å²) < 4.78 is 5.58. The fraction of sp³-hybridized carbons (Fsp3) is 0.105.